The Morgan fingerprint density at radius 2 is 1.96 bits per heavy atom. The molecular formula is C18H11ClN2O2S. The summed E-state index contributed by atoms with van der Waals surface area (Å²) in [5.41, 5.74) is 2.95. The van der Waals surface area contributed by atoms with Crippen molar-refractivity contribution in [1.29, 1.82) is 0 Å². The topological polar surface area (TPSA) is 55.1 Å². The molecule has 2 aromatic carbocycles. The molecule has 6 heteroatoms. The minimum absolute atomic E-state index is 0.116. The number of oxazole rings is 1. The van der Waals surface area contributed by atoms with Gasteiger partial charge in [-0.3, -0.25) is 4.79 Å². The Bertz CT molecular complexity index is 1010. The maximum absolute atomic E-state index is 12.0. The molecule has 1 N–H and O–H groups in total. The molecule has 0 bridgehead atoms. The lowest BCUT2D eigenvalue weighted by molar-refractivity contribution is 0.103. The molecule has 2 heterocycles. The molecule has 0 aliphatic heterocycles. The summed E-state index contributed by atoms with van der Waals surface area (Å²) in [5.74, 6) is 0.401. The summed E-state index contributed by atoms with van der Waals surface area (Å²) in [5, 5.41) is 5.35. The minimum atomic E-state index is -0.116. The van der Waals surface area contributed by atoms with E-state index in [2.05, 4.69) is 10.3 Å². The van der Waals surface area contributed by atoms with Crippen molar-refractivity contribution in [2.45, 2.75) is 0 Å². The molecule has 4 nitrogen and oxygen atoms in total. The number of rotatable bonds is 3. The highest BCUT2D eigenvalue weighted by molar-refractivity contribution is 7.12. The number of carbonyl (C=O) groups is 1. The predicted octanol–water partition coefficient (Wildman–Crippen LogP) is 5.46. The van der Waals surface area contributed by atoms with Crippen molar-refractivity contribution in [3.8, 4) is 11.5 Å². The summed E-state index contributed by atoms with van der Waals surface area (Å²) in [4.78, 5) is 17.1. The second-order valence-electron chi connectivity index (χ2n) is 5.14. The minimum Gasteiger partial charge on any atom is -0.436 e. The highest BCUT2D eigenvalue weighted by atomic mass is 35.5. The Morgan fingerprint density at radius 1 is 1.12 bits per heavy atom. The number of hydrogen-bond donors (Lipinski definition) is 1. The fourth-order valence-corrected chi connectivity index (χ4v) is 3.11. The lowest BCUT2D eigenvalue weighted by Crippen LogP contribution is -2.09. The number of anilines is 1. The van der Waals surface area contributed by atoms with Crippen molar-refractivity contribution >= 4 is 45.6 Å². The van der Waals surface area contributed by atoms with E-state index in [1.165, 1.54) is 11.3 Å². The first kappa shape index (κ1) is 14.9. The quantitative estimate of drug-likeness (QED) is 0.531. The summed E-state index contributed by atoms with van der Waals surface area (Å²) in [6, 6.07) is 16.3. The first-order valence-electron chi connectivity index (χ1n) is 7.20. The van der Waals surface area contributed by atoms with E-state index < -0.39 is 0 Å². The molecule has 0 atom stereocenters. The van der Waals surface area contributed by atoms with Crippen LogP contribution in [0.25, 0.3) is 22.6 Å². The molecule has 24 heavy (non-hydrogen) atoms. The van der Waals surface area contributed by atoms with Crippen LogP contribution < -0.4 is 5.32 Å². The van der Waals surface area contributed by atoms with Crippen LogP contribution in [0.1, 0.15) is 9.67 Å². The molecule has 118 valence electrons. The molecule has 4 aromatic rings. The van der Waals surface area contributed by atoms with Crippen LogP contribution in [-0.2, 0) is 0 Å². The number of fused-ring (bicyclic) bond motifs is 1. The van der Waals surface area contributed by atoms with Gasteiger partial charge in [0.15, 0.2) is 5.58 Å². The molecule has 0 aliphatic carbocycles. The third-order valence-electron chi connectivity index (χ3n) is 3.48. The summed E-state index contributed by atoms with van der Waals surface area (Å²) in [6.45, 7) is 0. The lowest BCUT2D eigenvalue weighted by atomic mass is 10.2. The second-order valence-corrected chi connectivity index (χ2v) is 6.52. The van der Waals surface area contributed by atoms with Gasteiger partial charge >= 0.3 is 0 Å². The number of hydrogen-bond acceptors (Lipinski definition) is 4. The van der Waals surface area contributed by atoms with Crippen molar-refractivity contribution in [2.24, 2.45) is 0 Å². The number of amides is 1. The molecule has 0 aliphatic rings. The van der Waals surface area contributed by atoms with Gasteiger partial charge in [-0.15, -0.1) is 11.3 Å². The Kier molecular flexibility index (Phi) is 3.80. The van der Waals surface area contributed by atoms with Gasteiger partial charge in [0, 0.05) is 16.3 Å². The van der Waals surface area contributed by atoms with Crippen LogP contribution in [0.3, 0.4) is 0 Å². The van der Waals surface area contributed by atoms with Gasteiger partial charge in [0.2, 0.25) is 5.89 Å². The zero-order valence-electron chi connectivity index (χ0n) is 12.3. The fourth-order valence-electron chi connectivity index (χ4n) is 2.32. The van der Waals surface area contributed by atoms with Gasteiger partial charge in [-0.05, 0) is 53.9 Å². The second kappa shape index (κ2) is 6.11. The SMILES string of the molecule is O=C(Nc1ccc(-c2nc3cc(Cl)ccc3o2)cc1)c1cccs1. The van der Waals surface area contributed by atoms with Gasteiger partial charge in [-0.2, -0.15) is 0 Å². The summed E-state index contributed by atoms with van der Waals surface area (Å²) >= 11 is 7.37. The third-order valence-corrected chi connectivity index (χ3v) is 4.59. The zero-order valence-corrected chi connectivity index (χ0v) is 13.9. The molecule has 4 rings (SSSR count). The maximum atomic E-state index is 12.0. The molecule has 0 spiro atoms. The number of aromatic nitrogens is 1. The maximum Gasteiger partial charge on any atom is 0.265 e. The van der Waals surface area contributed by atoms with Gasteiger partial charge in [-0.25, -0.2) is 4.98 Å². The van der Waals surface area contributed by atoms with Gasteiger partial charge < -0.3 is 9.73 Å². The average molecular weight is 355 g/mol. The molecule has 0 unspecified atom stereocenters. The van der Waals surface area contributed by atoms with E-state index in [1.54, 1.807) is 24.3 Å². The number of benzene rings is 2. The predicted molar refractivity (Wildman–Crippen MR) is 96.7 cm³/mol. The van der Waals surface area contributed by atoms with Gasteiger partial charge in [0.25, 0.3) is 5.91 Å². The fraction of sp³-hybridized carbons (Fsp3) is 0. The average Bonchev–Trinajstić information content (AvgIpc) is 3.24. The molecule has 0 saturated carbocycles. The van der Waals surface area contributed by atoms with Gasteiger partial charge in [-0.1, -0.05) is 17.7 Å². The van der Waals surface area contributed by atoms with Crippen molar-refractivity contribution < 1.29 is 9.21 Å². The molecule has 0 saturated heterocycles. The number of nitrogens with zero attached hydrogens (tertiary/aromatic N) is 1. The van der Waals surface area contributed by atoms with Crippen LogP contribution >= 0.6 is 22.9 Å². The molecule has 0 radical (unpaired) electrons. The van der Waals surface area contributed by atoms with Gasteiger partial charge in [0.1, 0.15) is 5.52 Å². The lowest BCUT2D eigenvalue weighted by Gasteiger charge is -2.04. The van der Waals surface area contributed by atoms with E-state index in [0.717, 1.165) is 11.3 Å². The van der Waals surface area contributed by atoms with Crippen molar-refractivity contribution in [1.82, 2.24) is 4.98 Å². The number of carbonyl (C=O) groups excluding carboxylic acids is 1. The third kappa shape index (κ3) is 2.91. The van der Waals surface area contributed by atoms with E-state index in [0.29, 0.717) is 26.9 Å². The molecular weight excluding hydrogens is 344 g/mol. The van der Waals surface area contributed by atoms with Crippen LogP contribution in [0.5, 0.6) is 0 Å². The van der Waals surface area contributed by atoms with Crippen molar-refractivity contribution in [3.63, 3.8) is 0 Å². The molecule has 1 amide bonds. The molecule has 0 fully saturated rings. The van der Waals surface area contributed by atoms with Crippen LogP contribution in [0.2, 0.25) is 5.02 Å². The van der Waals surface area contributed by atoms with E-state index in [-0.39, 0.29) is 5.91 Å². The van der Waals surface area contributed by atoms with Crippen LogP contribution in [-0.4, -0.2) is 10.9 Å². The van der Waals surface area contributed by atoms with Crippen LogP contribution in [0.15, 0.2) is 64.4 Å². The Balaban J connectivity index is 1.57. The number of halogens is 1. The van der Waals surface area contributed by atoms with Crippen LogP contribution in [0, 0.1) is 0 Å². The summed E-state index contributed by atoms with van der Waals surface area (Å²) < 4.78 is 5.73. The monoisotopic (exact) mass is 354 g/mol. The van der Waals surface area contributed by atoms with E-state index >= 15 is 0 Å². The van der Waals surface area contributed by atoms with E-state index in [9.17, 15) is 4.79 Å². The first-order valence-corrected chi connectivity index (χ1v) is 8.46. The number of nitrogens with one attached hydrogen (secondary N) is 1. The largest absolute Gasteiger partial charge is 0.436 e. The van der Waals surface area contributed by atoms with Crippen LogP contribution in [0.4, 0.5) is 5.69 Å². The van der Waals surface area contributed by atoms with Crippen molar-refractivity contribution in [3.05, 3.63) is 69.9 Å². The Labute approximate surface area is 146 Å². The smallest absolute Gasteiger partial charge is 0.265 e. The van der Waals surface area contributed by atoms with E-state index in [4.69, 9.17) is 16.0 Å². The summed E-state index contributed by atoms with van der Waals surface area (Å²) in [7, 11) is 0. The summed E-state index contributed by atoms with van der Waals surface area (Å²) in [6.07, 6.45) is 0. The highest BCUT2D eigenvalue weighted by Crippen LogP contribution is 2.27. The normalized spacial score (nSPS) is 10.9. The Hall–Kier alpha value is -2.63. The van der Waals surface area contributed by atoms with Crippen molar-refractivity contribution in [2.75, 3.05) is 5.32 Å². The van der Waals surface area contributed by atoms with E-state index in [1.807, 2.05) is 35.7 Å². The molecule has 2 aromatic heterocycles. The Morgan fingerprint density at radius 3 is 2.71 bits per heavy atom. The number of thiophene rings is 1. The standard InChI is InChI=1S/C18H11ClN2O2S/c19-12-5-8-15-14(10-12)21-18(23-15)11-3-6-13(7-4-11)20-17(22)16-2-1-9-24-16/h1-10H,(H,20,22). The first-order chi connectivity index (χ1) is 11.7. The highest BCUT2D eigenvalue weighted by Gasteiger charge is 2.10. The zero-order chi connectivity index (χ0) is 16.5. The van der Waals surface area contributed by atoms with Gasteiger partial charge in [0.05, 0.1) is 4.88 Å².